The number of halogens is 3. The molecule has 2 aromatic rings. The first-order valence-electron chi connectivity index (χ1n) is 8.90. The standard InChI is InChI=1S/C21H21Cl2FN2/c1-13(26-15-6-2-5-14(22)11-15)19-17(12-25-21(19)9-4-10-21)16-7-3-8-18(23)20(16)24/h2-3,5-8,11,17,19,25-26H,1,4,9-10,12H2. The molecule has 2 fully saturated rings. The largest absolute Gasteiger partial charge is 0.359 e. The quantitative estimate of drug-likeness (QED) is 0.670. The Morgan fingerprint density at radius 3 is 2.65 bits per heavy atom. The van der Waals surface area contributed by atoms with Gasteiger partial charge in [0.2, 0.25) is 0 Å². The van der Waals surface area contributed by atoms with E-state index in [4.69, 9.17) is 23.2 Å². The fraction of sp³-hybridized carbons (Fsp3) is 0.333. The maximum Gasteiger partial charge on any atom is 0.145 e. The van der Waals surface area contributed by atoms with Crippen molar-refractivity contribution < 1.29 is 4.39 Å². The van der Waals surface area contributed by atoms with Crippen molar-refractivity contribution in [3.8, 4) is 0 Å². The van der Waals surface area contributed by atoms with Crippen LogP contribution >= 0.6 is 23.2 Å². The molecular weight excluding hydrogens is 370 g/mol. The summed E-state index contributed by atoms with van der Waals surface area (Å²) in [6.07, 6.45) is 3.33. The fourth-order valence-electron chi connectivity index (χ4n) is 4.47. The Bertz CT molecular complexity index is 848. The lowest BCUT2D eigenvalue weighted by Crippen LogP contribution is -2.52. The van der Waals surface area contributed by atoms with Crippen LogP contribution < -0.4 is 10.6 Å². The summed E-state index contributed by atoms with van der Waals surface area (Å²) >= 11 is 12.1. The third kappa shape index (κ3) is 3.02. The number of rotatable bonds is 4. The summed E-state index contributed by atoms with van der Waals surface area (Å²) in [5.74, 6) is -0.241. The van der Waals surface area contributed by atoms with E-state index < -0.39 is 0 Å². The minimum Gasteiger partial charge on any atom is -0.359 e. The van der Waals surface area contributed by atoms with Gasteiger partial charge in [0.1, 0.15) is 5.82 Å². The van der Waals surface area contributed by atoms with Crippen molar-refractivity contribution in [2.24, 2.45) is 5.92 Å². The monoisotopic (exact) mass is 390 g/mol. The van der Waals surface area contributed by atoms with E-state index in [1.54, 1.807) is 6.07 Å². The highest BCUT2D eigenvalue weighted by atomic mass is 35.5. The molecule has 2 aliphatic rings. The molecule has 1 aliphatic heterocycles. The summed E-state index contributed by atoms with van der Waals surface area (Å²) in [7, 11) is 0. The zero-order valence-electron chi connectivity index (χ0n) is 14.4. The number of nitrogens with one attached hydrogen (secondary N) is 2. The molecule has 26 heavy (non-hydrogen) atoms. The molecule has 2 aromatic carbocycles. The second-order valence-electron chi connectivity index (χ2n) is 7.28. The highest BCUT2D eigenvalue weighted by molar-refractivity contribution is 6.31. The molecule has 1 heterocycles. The van der Waals surface area contributed by atoms with Gasteiger partial charge >= 0.3 is 0 Å². The van der Waals surface area contributed by atoms with Crippen LogP contribution in [-0.4, -0.2) is 12.1 Å². The smallest absolute Gasteiger partial charge is 0.145 e. The van der Waals surface area contributed by atoms with Crippen molar-refractivity contribution in [3.63, 3.8) is 0 Å². The summed E-state index contributed by atoms with van der Waals surface area (Å²) in [5.41, 5.74) is 2.44. The highest BCUT2D eigenvalue weighted by Crippen LogP contribution is 2.52. The molecule has 2 unspecified atom stereocenters. The zero-order valence-corrected chi connectivity index (χ0v) is 15.9. The summed E-state index contributed by atoms with van der Waals surface area (Å²) in [6.45, 7) is 5.04. The van der Waals surface area contributed by atoms with Crippen molar-refractivity contribution in [2.45, 2.75) is 30.7 Å². The Labute approximate surface area is 163 Å². The molecule has 2 nitrogen and oxygen atoms in total. The van der Waals surface area contributed by atoms with Gasteiger partial charge in [-0.05, 0) is 49.1 Å². The fourth-order valence-corrected chi connectivity index (χ4v) is 4.85. The number of hydrogen-bond acceptors (Lipinski definition) is 2. The lowest BCUT2D eigenvalue weighted by Gasteiger charge is -2.45. The van der Waals surface area contributed by atoms with Crippen LogP contribution in [0.25, 0.3) is 0 Å². The van der Waals surface area contributed by atoms with Crippen LogP contribution in [0.4, 0.5) is 10.1 Å². The highest BCUT2D eigenvalue weighted by Gasteiger charge is 2.53. The van der Waals surface area contributed by atoms with Crippen LogP contribution in [0.5, 0.6) is 0 Å². The molecule has 0 bridgehead atoms. The van der Waals surface area contributed by atoms with Crippen molar-refractivity contribution in [2.75, 3.05) is 11.9 Å². The molecule has 2 N–H and O–H groups in total. The van der Waals surface area contributed by atoms with Crippen LogP contribution in [0, 0.1) is 11.7 Å². The zero-order chi connectivity index (χ0) is 18.3. The molecule has 136 valence electrons. The maximum atomic E-state index is 14.7. The van der Waals surface area contributed by atoms with E-state index in [-0.39, 0.29) is 28.2 Å². The van der Waals surface area contributed by atoms with Crippen LogP contribution in [0.15, 0.2) is 54.7 Å². The number of hydrogen-bond donors (Lipinski definition) is 2. The first-order valence-corrected chi connectivity index (χ1v) is 9.66. The van der Waals surface area contributed by atoms with Crippen molar-refractivity contribution in [1.82, 2.24) is 5.32 Å². The molecule has 1 saturated heterocycles. The summed E-state index contributed by atoms with van der Waals surface area (Å²) < 4.78 is 14.7. The third-order valence-electron chi connectivity index (χ3n) is 5.80. The first-order chi connectivity index (χ1) is 12.5. The number of benzene rings is 2. The average molecular weight is 391 g/mol. The molecule has 1 aliphatic carbocycles. The van der Waals surface area contributed by atoms with Crippen molar-refractivity contribution >= 4 is 28.9 Å². The van der Waals surface area contributed by atoms with Gasteiger partial charge in [-0.25, -0.2) is 4.39 Å². The minimum atomic E-state index is -0.321. The Hall–Kier alpha value is -1.55. The van der Waals surface area contributed by atoms with Crippen LogP contribution in [-0.2, 0) is 0 Å². The van der Waals surface area contributed by atoms with Gasteiger partial charge in [0, 0.05) is 40.3 Å². The van der Waals surface area contributed by atoms with Gasteiger partial charge in [0.25, 0.3) is 0 Å². The van der Waals surface area contributed by atoms with E-state index in [1.165, 1.54) is 6.42 Å². The van der Waals surface area contributed by atoms with E-state index in [1.807, 2.05) is 36.4 Å². The van der Waals surface area contributed by atoms with Gasteiger partial charge in [-0.3, -0.25) is 0 Å². The molecule has 2 atom stereocenters. The van der Waals surface area contributed by atoms with Gasteiger partial charge in [0.05, 0.1) is 5.02 Å². The van der Waals surface area contributed by atoms with Crippen LogP contribution in [0.3, 0.4) is 0 Å². The molecule has 5 heteroatoms. The summed E-state index contributed by atoms with van der Waals surface area (Å²) in [5, 5.41) is 7.90. The van der Waals surface area contributed by atoms with Crippen molar-refractivity contribution in [3.05, 3.63) is 76.2 Å². The SMILES string of the molecule is C=C(Nc1cccc(Cl)c1)C1C(c2cccc(Cl)c2F)CNC12CCC2. The van der Waals surface area contributed by atoms with E-state index in [9.17, 15) is 4.39 Å². The summed E-state index contributed by atoms with van der Waals surface area (Å²) in [6, 6.07) is 12.8. The van der Waals surface area contributed by atoms with E-state index >= 15 is 0 Å². The molecule has 1 spiro atoms. The second-order valence-corrected chi connectivity index (χ2v) is 8.12. The second kappa shape index (κ2) is 6.88. The number of anilines is 1. The molecule has 0 radical (unpaired) electrons. The Balaban J connectivity index is 1.67. The van der Waals surface area contributed by atoms with Gasteiger partial charge in [0.15, 0.2) is 0 Å². The normalized spacial score (nSPS) is 23.7. The predicted octanol–water partition coefficient (Wildman–Crippen LogP) is 5.98. The lowest BCUT2D eigenvalue weighted by molar-refractivity contribution is 0.167. The van der Waals surface area contributed by atoms with Crippen LogP contribution in [0.2, 0.25) is 10.0 Å². The van der Waals surface area contributed by atoms with Gasteiger partial charge in [-0.1, -0.05) is 48.0 Å². The Morgan fingerprint density at radius 2 is 1.96 bits per heavy atom. The van der Waals surface area contributed by atoms with Gasteiger partial charge in [-0.15, -0.1) is 0 Å². The lowest BCUT2D eigenvalue weighted by atomic mass is 9.65. The summed E-state index contributed by atoms with van der Waals surface area (Å²) in [4.78, 5) is 0. The third-order valence-corrected chi connectivity index (χ3v) is 6.33. The Morgan fingerprint density at radius 1 is 1.19 bits per heavy atom. The molecule has 0 amide bonds. The average Bonchev–Trinajstić information content (AvgIpc) is 2.98. The first kappa shape index (κ1) is 17.8. The molecule has 4 rings (SSSR count). The molecule has 0 aromatic heterocycles. The van der Waals surface area contributed by atoms with E-state index in [0.717, 1.165) is 30.8 Å². The Kier molecular flexibility index (Phi) is 4.72. The van der Waals surface area contributed by atoms with Gasteiger partial charge in [-0.2, -0.15) is 0 Å². The van der Waals surface area contributed by atoms with Crippen LogP contribution in [0.1, 0.15) is 30.7 Å². The molecule has 1 saturated carbocycles. The van der Waals surface area contributed by atoms with E-state index in [2.05, 4.69) is 17.2 Å². The minimum absolute atomic E-state index is 0.00631. The van der Waals surface area contributed by atoms with Gasteiger partial charge < -0.3 is 10.6 Å². The maximum absolute atomic E-state index is 14.7. The molecular formula is C21H21Cl2FN2. The van der Waals surface area contributed by atoms with E-state index in [0.29, 0.717) is 10.6 Å². The predicted molar refractivity (Wildman–Crippen MR) is 106 cm³/mol. The topological polar surface area (TPSA) is 24.1 Å². The van der Waals surface area contributed by atoms with Crippen molar-refractivity contribution in [1.29, 1.82) is 0 Å².